The van der Waals surface area contributed by atoms with Crippen molar-refractivity contribution in [2.75, 3.05) is 7.05 Å². The summed E-state index contributed by atoms with van der Waals surface area (Å²) < 4.78 is 5.64. The normalized spacial score (nSPS) is 12.0. The van der Waals surface area contributed by atoms with Crippen LogP contribution in [-0.2, 0) is 19.6 Å². The van der Waals surface area contributed by atoms with Crippen molar-refractivity contribution in [2.45, 2.75) is 45.9 Å². The zero-order valence-corrected chi connectivity index (χ0v) is 13.4. The number of nitrogens with zero attached hydrogens (tertiary/aromatic N) is 2. The van der Waals surface area contributed by atoms with E-state index in [1.54, 1.807) is 0 Å². The quantitative estimate of drug-likeness (QED) is 0.886. The number of furan rings is 1. The molecule has 0 amide bonds. The van der Waals surface area contributed by atoms with Crippen LogP contribution in [-0.4, -0.2) is 22.5 Å². The average Bonchev–Trinajstić information content (AvgIpc) is 2.84. The molecule has 0 aliphatic carbocycles. The molecule has 2 aromatic heterocycles. The van der Waals surface area contributed by atoms with Gasteiger partial charge in [-0.3, -0.25) is 9.88 Å². The topological polar surface area (TPSA) is 41.3 Å². The van der Waals surface area contributed by atoms with E-state index in [0.29, 0.717) is 0 Å². The fourth-order valence-corrected chi connectivity index (χ4v) is 2.06. The predicted molar refractivity (Wildman–Crippen MR) is 84.7 cm³/mol. The van der Waals surface area contributed by atoms with E-state index in [4.69, 9.17) is 4.42 Å². The number of aromatic nitrogens is 1. The van der Waals surface area contributed by atoms with Gasteiger partial charge < -0.3 is 9.73 Å². The van der Waals surface area contributed by atoms with Crippen molar-refractivity contribution < 1.29 is 4.42 Å². The van der Waals surface area contributed by atoms with E-state index in [1.165, 1.54) is 5.56 Å². The van der Waals surface area contributed by atoms with E-state index in [1.807, 2.05) is 30.7 Å². The molecule has 4 nitrogen and oxygen atoms in total. The number of hydrogen-bond acceptors (Lipinski definition) is 4. The first-order chi connectivity index (χ1) is 9.92. The first-order valence-corrected chi connectivity index (χ1v) is 7.32. The molecule has 0 radical (unpaired) electrons. The summed E-state index contributed by atoms with van der Waals surface area (Å²) in [4.78, 5) is 6.54. The van der Waals surface area contributed by atoms with Gasteiger partial charge >= 0.3 is 0 Å². The van der Waals surface area contributed by atoms with Gasteiger partial charge in [-0.2, -0.15) is 0 Å². The van der Waals surface area contributed by atoms with Crippen LogP contribution < -0.4 is 5.32 Å². The smallest absolute Gasteiger partial charge is 0.118 e. The standard InChI is InChI=1S/C17H25N3O/c1-17(2,3)19-10-14-9-16(21-13-14)12-20(4)11-15-7-5-6-8-18-15/h5-9,13,19H,10-12H2,1-4H3. The molecule has 2 aromatic rings. The lowest BCUT2D eigenvalue weighted by Gasteiger charge is -2.19. The second-order valence-corrected chi connectivity index (χ2v) is 6.52. The number of nitrogens with one attached hydrogen (secondary N) is 1. The zero-order chi connectivity index (χ0) is 15.3. The number of pyridine rings is 1. The average molecular weight is 287 g/mol. The van der Waals surface area contributed by atoms with Gasteiger partial charge in [0.15, 0.2) is 0 Å². The summed E-state index contributed by atoms with van der Waals surface area (Å²) in [7, 11) is 2.07. The van der Waals surface area contributed by atoms with Crippen molar-refractivity contribution in [3.63, 3.8) is 0 Å². The van der Waals surface area contributed by atoms with Crippen molar-refractivity contribution in [1.29, 1.82) is 0 Å². The van der Waals surface area contributed by atoms with Crippen LogP contribution in [0.1, 0.15) is 37.8 Å². The lowest BCUT2D eigenvalue weighted by Crippen LogP contribution is -2.34. The molecule has 0 saturated carbocycles. The minimum atomic E-state index is 0.118. The summed E-state index contributed by atoms with van der Waals surface area (Å²) >= 11 is 0. The summed E-state index contributed by atoms with van der Waals surface area (Å²) in [5.74, 6) is 0.985. The van der Waals surface area contributed by atoms with E-state index in [9.17, 15) is 0 Å². The molecule has 0 aromatic carbocycles. The third kappa shape index (κ3) is 5.69. The van der Waals surface area contributed by atoms with Crippen molar-refractivity contribution >= 4 is 0 Å². The highest BCUT2D eigenvalue weighted by Crippen LogP contribution is 2.12. The highest BCUT2D eigenvalue weighted by atomic mass is 16.3. The Labute approximate surface area is 127 Å². The molecule has 0 atom stereocenters. The maximum absolute atomic E-state index is 5.64. The molecule has 0 fully saturated rings. The molecule has 1 N–H and O–H groups in total. The molecular weight excluding hydrogens is 262 g/mol. The molecule has 2 heterocycles. The Hall–Kier alpha value is -1.65. The Bertz CT molecular complexity index is 543. The Morgan fingerprint density at radius 3 is 2.71 bits per heavy atom. The third-order valence-electron chi connectivity index (χ3n) is 3.11. The van der Waals surface area contributed by atoms with E-state index in [0.717, 1.165) is 31.1 Å². The van der Waals surface area contributed by atoms with Crippen LogP contribution in [0.15, 0.2) is 41.1 Å². The minimum absolute atomic E-state index is 0.118. The Morgan fingerprint density at radius 2 is 2.05 bits per heavy atom. The fourth-order valence-electron chi connectivity index (χ4n) is 2.06. The number of rotatable bonds is 6. The molecule has 0 saturated heterocycles. The molecule has 114 valence electrons. The summed E-state index contributed by atoms with van der Waals surface area (Å²) in [5, 5.41) is 3.46. The molecule has 0 unspecified atom stereocenters. The van der Waals surface area contributed by atoms with Gasteiger partial charge in [0.25, 0.3) is 0 Å². The van der Waals surface area contributed by atoms with Gasteiger partial charge in [-0.05, 0) is 46.0 Å². The Balaban J connectivity index is 1.84. The van der Waals surface area contributed by atoms with E-state index in [-0.39, 0.29) is 5.54 Å². The van der Waals surface area contributed by atoms with Crippen LogP contribution in [0.25, 0.3) is 0 Å². The van der Waals surface area contributed by atoms with E-state index >= 15 is 0 Å². The number of hydrogen-bond donors (Lipinski definition) is 1. The summed E-state index contributed by atoms with van der Waals surface area (Å²) in [6.45, 7) is 8.91. The maximum atomic E-state index is 5.64. The lowest BCUT2D eigenvalue weighted by molar-refractivity contribution is 0.285. The van der Waals surface area contributed by atoms with Gasteiger partial charge in [-0.1, -0.05) is 6.07 Å². The van der Waals surface area contributed by atoms with Crippen LogP contribution >= 0.6 is 0 Å². The van der Waals surface area contributed by atoms with Crippen LogP contribution in [0.4, 0.5) is 0 Å². The van der Waals surface area contributed by atoms with Crippen molar-refractivity contribution in [1.82, 2.24) is 15.2 Å². The molecule has 4 heteroatoms. The lowest BCUT2D eigenvalue weighted by atomic mass is 10.1. The molecule has 0 aliphatic heterocycles. The van der Waals surface area contributed by atoms with Gasteiger partial charge in [0.2, 0.25) is 0 Å². The molecule has 0 aliphatic rings. The van der Waals surface area contributed by atoms with Gasteiger partial charge in [-0.25, -0.2) is 0 Å². The van der Waals surface area contributed by atoms with Crippen LogP contribution in [0.3, 0.4) is 0 Å². The molecule has 21 heavy (non-hydrogen) atoms. The summed E-state index contributed by atoms with van der Waals surface area (Å²) in [5.41, 5.74) is 2.38. The Kier molecular flexibility index (Phi) is 5.15. The highest BCUT2D eigenvalue weighted by Gasteiger charge is 2.11. The fraction of sp³-hybridized carbons (Fsp3) is 0.471. The second kappa shape index (κ2) is 6.87. The first kappa shape index (κ1) is 15.7. The van der Waals surface area contributed by atoms with Crippen LogP contribution in [0, 0.1) is 0 Å². The van der Waals surface area contributed by atoms with Crippen LogP contribution in [0.2, 0.25) is 0 Å². The maximum Gasteiger partial charge on any atom is 0.118 e. The van der Waals surface area contributed by atoms with Gasteiger partial charge in [-0.15, -0.1) is 0 Å². The zero-order valence-electron chi connectivity index (χ0n) is 13.4. The van der Waals surface area contributed by atoms with E-state index in [2.05, 4.69) is 49.1 Å². The molecule has 2 rings (SSSR count). The monoisotopic (exact) mass is 287 g/mol. The van der Waals surface area contributed by atoms with Crippen molar-refractivity contribution in [3.05, 3.63) is 53.7 Å². The third-order valence-corrected chi connectivity index (χ3v) is 3.11. The minimum Gasteiger partial charge on any atom is -0.468 e. The van der Waals surface area contributed by atoms with E-state index < -0.39 is 0 Å². The largest absolute Gasteiger partial charge is 0.468 e. The van der Waals surface area contributed by atoms with Gasteiger partial charge in [0.1, 0.15) is 5.76 Å². The summed E-state index contributed by atoms with van der Waals surface area (Å²) in [6.07, 6.45) is 3.66. The second-order valence-electron chi connectivity index (χ2n) is 6.52. The van der Waals surface area contributed by atoms with Crippen molar-refractivity contribution in [2.24, 2.45) is 0 Å². The van der Waals surface area contributed by atoms with Gasteiger partial charge in [0.05, 0.1) is 18.5 Å². The van der Waals surface area contributed by atoms with Crippen molar-refractivity contribution in [3.8, 4) is 0 Å². The molecule has 0 spiro atoms. The SMILES string of the molecule is CN(Cc1ccccn1)Cc1cc(CNC(C)(C)C)co1. The summed E-state index contributed by atoms with van der Waals surface area (Å²) in [6, 6.07) is 8.11. The van der Waals surface area contributed by atoms with Gasteiger partial charge in [0, 0.05) is 30.4 Å². The predicted octanol–water partition coefficient (Wildman–Crippen LogP) is 3.19. The van der Waals surface area contributed by atoms with Crippen LogP contribution in [0.5, 0.6) is 0 Å². The Morgan fingerprint density at radius 1 is 1.24 bits per heavy atom. The first-order valence-electron chi connectivity index (χ1n) is 7.32. The highest BCUT2D eigenvalue weighted by molar-refractivity contribution is 5.13. The molecular formula is C17H25N3O. The molecule has 0 bridgehead atoms.